The van der Waals surface area contributed by atoms with Gasteiger partial charge in [0.05, 0.1) is 19.3 Å². The Morgan fingerprint density at radius 2 is 2.25 bits per heavy atom. The third kappa shape index (κ3) is 3.87. The first-order valence-corrected chi connectivity index (χ1v) is 7.85. The highest BCUT2D eigenvalue weighted by atomic mass is 35.5. The minimum atomic E-state index is 0.444. The molecule has 1 aromatic carbocycles. The lowest BCUT2D eigenvalue weighted by Gasteiger charge is -2.38. The van der Waals surface area contributed by atoms with Gasteiger partial charge in [0.25, 0.3) is 0 Å². The fraction of sp³-hybridized carbons (Fsp3) is 0.625. The number of nitrogens with one attached hydrogen (secondary N) is 1. The van der Waals surface area contributed by atoms with Crippen molar-refractivity contribution in [3.8, 4) is 0 Å². The zero-order valence-corrected chi connectivity index (χ0v) is 13.4. The highest BCUT2D eigenvalue weighted by Crippen LogP contribution is 2.28. The maximum atomic E-state index is 6.21. The minimum Gasteiger partial charge on any atom is -0.377 e. The molecule has 1 saturated heterocycles. The topological polar surface area (TPSA) is 24.5 Å². The van der Waals surface area contributed by atoms with Gasteiger partial charge in [0.2, 0.25) is 0 Å². The quantitative estimate of drug-likeness (QED) is 0.901. The lowest BCUT2D eigenvalue weighted by molar-refractivity contribution is 0.0929. The van der Waals surface area contributed by atoms with Crippen molar-refractivity contribution in [2.24, 2.45) is 0 Å². The Morgan fingerprint density at radius 1 is 1.45 bits per heavy atom. The molecule has 1 aromatic rings. The largest absolute Gasteiger partial charge is 0.377 e. The van der Waals surface area contributed by atoms with Crippen LogP contribution in [0.15, 0.2) is 18.2 Å². The summed E-state index contributed by atoms with van der Waals surface area (Å²) >= 11 is 6.21. The van der Waals surface area contributed by atoms with Crippen LogP contribution in [-0.4, -0.2) is 31.8 Å². The van der Waals surface area contributed by atoms with Gasteiger partial charge in [0.1, 0.15) is 0 Å². The molecule has 20 heavy (non-hydrogen) atoms. The van der Waals surface area contributed by atoms with Crippen molar-refractivity contribution < 1.29 is 4.74 Å². The SMILES string of the molecule is CCC1COCCN1c1cc(Cl)ccc1CNC(C)C. The third-order valence-corrected chi connectivity index (χ3v) is 3.99. The second-order valence-corrected chi connectivity index (χ2v) is 6.08. The maximum Gasteiger partial charge on any atom is 0.0670 e. The number of rotatable bonds is 5. The van der Waals surface area contributed by atoms with Crippen molar-refractivity contribution in [2.75, 3.05) is 24.7 Å². The van der Waals surface area contributed by atoms with E-state index in [0.29, 0.717) is 12.1 Å². The smallest absolute Gasteiger partial charge is 0.0670 e. The second kappa shape index (κ2) is 7.30. The molecular formula is C16H25ClN2O. The van der Waals surface area contributed by atoms with E-state index in [1.54, 1.807) is 0 Å². The lowest BCUT2D eigenvalue weighted by Crippen LogP contribution is -2.45. The van der Waals surface area contributed by atoms with Gasteiger partial charge in [-0.05, 0) is 24.1 Å². The van der Waals surface area contributed by atoms with Crippen LogP contribution >= 0.6 is 11.6 Å². The van der Waals surface area contributed by atoms with Gasteiger partial charge in [0, 0.05) is 29.8 Å². The van der Waals surface area contributed by atoms with Gasteiger partial charge < -0.3 is 15.0 Å². The third-order valence-electron chi connectivity index (χ3n) is 3.76. The van der Waals surface area contributed by atoms with Crippen molar-refractivity contribution in [2.45, 2.75) is 45.8 Å². The van der Waals surface area contributed by atoms with Crippen LogP contribution in [0, 0.1) is 0 Å². The van der Waals surface area contributed by atoms with Gasteiger partial charge in [-0.2, -0.15) is 0 Å². The van der Waals surface area contributed by atoms with Crippen LogP contribution in [0.5, 0.6) is 0 Å². The van der Waals surface area contributed by atoms with Crippen LogP contribution in [0.1, 0.15) is 32.8 Å². The van der Waals surface area contributed by atoms with Crippen LogP contribution in [0.25, 0.3) is 0 Å². The average molecular weight is 297 g/mol. The van der Waals surface area contributed by atoms with Crippen LogP contribution in [0.4, 0.5) is 5.69 Å². The zero-order chi connectivity index (χ0) is 14.5. The Kier molecular flexibility index (Phi) is 5.70. The first-order chi connectivity index (χ1) is 9.61. The van der Waals surface area contributed by atoms with E-state index < -0.39 is 0 Å². The van der Waals surface area contributed by atoms with Crippen molar-refractivity contribution in [3.63, 3.8) is 0 Å². The molecule has 1 heterocycles. The van der Waals surface area contributed by atoms with E-state index in [-0.39, 0.29) is 0 Å². The predicted octanol–water partition coefficient (Wildman–Crippen LogP) is 3.45. The lowest BCUT2D eigenvalue weighted by atomic mass is 10.1. The fourth-order valence-corrected chi connectivity index (χ4v) is 2.74. The molecule has 0 radical (unpaired) electrons. The number of benzene rings is 1. The zero-order valence-electron chi connectivity index (χ0n) is 12.7. The Hall–Kier alpha value is -0.770. The van der Waals surface area contributed by atoms with Crippen LogP contribution in [0.3, 0.4) is 0 Å². The van der Waals surface area contributed by atoms with Crippen LogP contribution < -0.4 is 10.2 Å². The molecule has 1 unspecified atom stereocenters. The summed E-state index contributed by atoms with van der Waals surface area (Å²) in [6.07, 6.45) is 1.09. The summed E-state index contributed by atoms with van der Waals surface area (Å²) in [5.41, 5.74) is 2.56. The molecule has 0 aromatic heterocycles. The van der Waals surface area contributed by atoms with E-state index in [4.69, 9.17) is 16.3 Å². The molecule has 1 aliphatic heterocycles. The molecule has 1 aliphatic rings. The Labute approximate surface area is 127 Å². The Bertz CT molecular complexity index is 436. The summed E-state index contributed by atoms with van der Waals surface area (Å²) < 4.78 is 5.60. The van der Waals surface area contributed by atoms with E-state index in [0.717, 1.165) is 37.7 Å². The van der Waals surface area contributed by atoms with E-state index in [1.165, 1.54) is 11.3 Å². The molecule has 3 nitrogen and oxygen atoms in total. The second-order valence-electron chi connectivity index (χ2n) is 5.64. The first kappa shape index (κ1) is 15.6. The highest BCUT2D eigenvalue weighted by molar-refractivity contribution is 6.30. The van der Waals surface area contributed by atoms with Gasteiger partial charge in [-0.1, -0.05) is 38.4 Å². The number of ether oxygens (including phenoxy) is 1. The molecule has 0 aliphatic carbocycles. The molecule has 112 valence electrons. The molecule has 1 atom stereocenters. The molecule has 0 bridgehead atoms. The number of halogens is 1. The normalized spacial score (nSPS) is 19.6. The number of nitrogens with zero attached hydrogens (tertiary/aromatic N) is 1. The number of hydrogen-bond donors (Lipinski definition) is 1. The van der Waals surface area contributed by atoms with Gasteiger partial charge in [-0.3, -0.25) is 0 Å². The van der Waals surface area contributed by atoms with Crippen molar-refractivity contribution in [3.05, 3.63) is 28.8 Å². The maximum absolute atomic E-state index is 6.21. The fourth-order valence-electron chi connectivity index (χ4n) is 2.58. The summed E-state index contributed by atoms with van der Waals surface area (Å²) in [7, 11) is 0. The summed E-state index contributed by atoms with van der Waals surface area (Å²) in [4.78, 5) is 2.45. The first-order valence-electron chi connectivity index (χ1n) is 7.48. The summed E-state index contributed by atoms with van der Waals surface area (Å²) in [5, 5.41) is 4.29. The molecule has 1 N–H and O–H groups in total. The molecule has 0 saturated carbocycles. The molecule has 0 amide bonds. The van der Waals surface area contributed by atoms with Crippen molar-refractivity contribution in [1.29, 1.82) is 0 Å². The Balaban J connectivity index is 2.25. The monoisotopic (exact) mass is 296 g/mol. The standard InChI is InChI=1S/C16H25ClN2O/c1-4-15-11-20-8-7-19(15)16-9-14(17)6-5-13(16)10-18-12(2)3/h5-6,9,12,15,18H,4,7-8,10-11H2,1-3H3. The molecule has 0 spiro atoms. The molecule has 4 heteroatoms. The summed E-state index contributed by atoms with van der Waals surface area (Å²) in [6, 6.07) is 7.12. The molecule has 1 fully saturated rings. The minimum absolute atomic E-state index is 0.444. The summed E-state index contributed by atoms with van der Waals surface area (Å²) in [6.45, 7) is 9.95. The summed E-state index contributed by atoms with van der Waals surface area (Å²) in [5.74, 6) is 0. The van der Waals surface area contributed by atoms with Crippen LogP contribution in [0.2, 0.25) is 5.02 Å². The number of hydrogen-bond acceptors (Lipinski definition) is 3. The van der Waals surface area contributed by atoms with Gasteiger partial charge in [-0.15, -0.1) is 0 Å². The van der Waals surface area contributed by atoms with Gasteiger partial charge in [0.15, 0.2) is 0 Å². The predicted molar refractivity (Wildman–Crippen MR) is 85.7 cm³/mol. The van der Waals surface area contributed by atoms with E-state index in [2.05, 4.69) is 43.1 Å². The van der Waals surface area contributed by atoms with Crippen molar-refractivity contribution >= 4 is 17.3 Å². The molecular weight excluding hydrogens is 272 g/mol. The number of morpholine rings is 1. The number of anilines is 1. The highest BCUT2D eigenvalue weighted by Gasteiger charge is 2.23. The van der Waals surface area contributed by atoms with E-state index in [9.17, 15) is 0 Å². The molecule has 2 rings (SSSR count). The Morgan fingerprint density at radius 3 is 2.95 bits per heavy atom. The van der Waals surface area contributed by atoms with E-state index in [1.807, 2.05) is 6.07 Å². The van der Waals surface area contributed by atoms with Gasteiger partial charge in [-0.25, -0.2) is 0 Å². The average Bonchev–Trinajstić information content (AvgIpc) is 2.45. The van der Waals surface area contributed by atoms with E-state index >= 15 is 0 Å². The van der Waals surface area contributed by atoms with Gasteiger partial charge >= 0.3 is 0 Å². The van der Waals surface area contributed by atoms with Crippen LogP contribution in [-0.2, 0) is 11.3 Å². The van der Waals surface area contributed by atoms with Crippen molar-refractivity contribution in [1.82, 2.24) is 5.32 Å².